The molecule has 1 rings (SSSR count). The first-order valence-electron chi connectivity index (χ1n) is 6.06. The number of hydrogen-bond donors (Lipinski definition) is 1. The summed E-state index contributed by atoms with van der Waals surface area (Å²) >= 11 is 1.03. The van der Waals surface area contributed by atoms with Gasteiger partial charge in [0.25, 0.3) is 0 Å². The van der Waals surface area contributed by atoms with Gasteiger partial charge in [-0.2, -0.15) is 13.2 Å². The first-order valence-corrected chi connectivity index (χ1v) is 7.05. The molecule has 20 heavy (non-hydrogen) atoms. The Kier molecular flexibility index (Phi) is 6.19. The van der Waals surface area contributed by atoms with Crippen LogP contribution in [0, 0.1) is 5.92 Å². The van der Waals surface area contributed by atoms with Crippen molar-refractivity contribution in [1.82, 2.24) is 5.32 Å². The van der Waals surface area contributed by atoms with E-state index in [0.717, 1.165) is 11.8 Å². The average molecular weight is 307 g/mol. The Bertz CT molecular complexity index is 451. The normalized spacial score (nSPS) is 12.8. The van der Waals surface area contributed by atoms with Gasteiger partial charge in [0.15, 0.2) is 0 Å². The summed E-state index contributed by atoms with van der Waals surface area (Å²) in [5, 5.41) is 2.29. The van der Waals surface area contributed by atoms with E-state index in [1.807, 2.05) is 0 Å². The van der Waals surface area contributed by atoms with E-state index in [1.54, 1.807) is 24.3 Å². The van der Waals surface area contributed by atoms with Crippen molar-refractivity contribution >= 4 is 17.9 Å². The number of para-hydroxylation sites is 1. The van der Waals surface area contributed by atoms with Gasteiger partial charge in [0.05, 0.1) is 10.8 Å². The van der Waals surface area contributed by atoms with Crippen molar-refractivity contribution in [3.63, 3.8) is 0 Å². The maximum absolute atomic E-state index is 12.7. The number of amides is 1. The second-order valence-electron chi connectivity index (χ2n) is 4.04. The van der Waals surface area contributed by atoms with Gasteiger partial charge in [-0.3, -0.25) is 0 Å². The number of rotatable bonds is 5. The number of nitrogens with one attached hydrogen (secondary N) is 1. The highest BCUT2D eigenvalue weighted by Crippen LogP contribution is 2.36. The van der Waals surface area contributed by atoms with Crippen molar-refractivity contribution in [3.8, 4) is 5.75 Å². The fraction of sp³-hybridized carbons (Fsp3) is 0.462. The summed E-state index contributed by atoms with van der Waals surface area (Å²) < 4.78 is 43.0. The predicted molar refractivity (Wildman–Crippen MR) is 72.1 cm³/mol. The highest BCUT2D eigenvalue weighted by molar-refractivity contribution is 7.99. The van der Waals surface area contributed by atoms with Crippen LogP contribution in [-0.2, 0) is 0 Å². The Labute approximate surface area is 119 Å². The van der Waals surface area contributed by atoms with E-state index in [4.69, 9.17) is 4.74 Å². The van der Waals surface area contributed by atoms with Crippen molar-refractivity contribution in [2.24, 2.45) is 5.92 Å². The third kappa shape index (κ3) is 4.96. The highest BCUT2D eigenvalue weighted by atomic mass is 32.2. The van der Waals surface area contributed by atoms with E-state index < -0.39 is 18.2 Å². The summed E-state index contributed by atoms with van der Waals surface area (Å²) in [7, 11) is 1.41. The first kappa shape index (κ1) is 16.7. The third-order valence-electron chi connectivity index (χ3n) is 2.65. The number of ether oxygens (including phenoxy) is 1. The predicted octanol–water partition coefficient (Wildman–Crippen LogP) is 4.09. The Hall–Kier alpha value is -1.37. The van der Waals surface area contributed by atoms with E-state index in [2.05, 4.69) is 5.32 Å². The zero-order valence-corrected chi connectivity index (χ0v) is 12.0. The largest absolute Gasteiger partial charge is 0.412 e. The van der Waals surface area contributed by atoms with E-state index >= 15 is 0 Å². The summed E-state index contributed by atoms with van der Waals surface area (Å²) in [4.78, 5) is 11.7. The monoisotopic (exact) mass is 307 g/mol. The van der Waals surface area contributed by atoms with Crippen LogP contribution in [0.4, 0.5) is 18.0 Å². The van der Waals surface area contributed by atoms with Crippen molar-refractivity contribution in [3.05, 3.63) is 24.3 Å². The number of thioether (sulfide) groups is 1. The fourth-order valence-electron chi connectivity index (χ4n) is 1.44. The van der Waals surface area contributed by atoms with Crippen LogP contribution in [0.3, 0.4) is 0 Å². The Balaban J connectivity index is 2.75. The minimum absolute atomic E-state index is 0.0228. The Morgan fingerprint density at radius 2 is 2.05 bits per heavy atom. The van der Waals surface area contributed by atoms with E-state index in [1.165, 1.54) is 14.0 Å². The molecule has 1 aromatic carbocycles. The first-order chi connectivity index (χ1) is 9.38. The number of carbonyl (C=O) groups is 1. The van der Waals surface area contributed by atoms with Crippen molar-refractivity contribution in [2.75, 3.05) is 12.8 Å². The van der Waals surface area contributed by atoms with Gasteiger partial charge in [-0.05, 0) is 18.6 Å². The maximum atomic E-state index is 12.7. The highest BCUT2D eigenvalue weighted by Gasteiger charge is 2.38. The molecule has 112 valence electrons. The van der Waals surface area contributed by atoms with Crippen LogP contribution in [-0.4, -0.2) is 25.1 Å². The fourth-order valence-corrected chi connectivity index (χ4v) is 2.67. The number of carbonyl (C=O) groups excluding carboxylic acids is 1. The molecule has 0 fully saturated rings. The second kappa shape index (κ2) is 7.42. The van der Waals surface area contributed by atoms with Crippen LogP contribution in [0.15, 0.2) is 29.2 Å². The van der Waals surface area contributed by atoms with Gasteiger partial charge in [-0.25, -0.2) is 4.79 Å². The van der Waals surface area contributed by atoms with Crippen LogP contribution < -0.4 is 10.1 Å². The van der Waals surface area contributed by atoms with Crippen LogP contribution in [0.2, 0.25) is 0 Å². The molecule has 0 heterocycles. The lowest BCUT2D eigenvalue weighted by Crippen LogP contribution is -2.24. The number of alkyl halides is 3. The molecular weight excluding hydrogens is 291 g/mol. The zero-order chi connectivity index (χ0) is 15.2. The molecule has 0 bridgehead atoms. The summed E-state index contributed by atoms with van der Waals surface area (Å²) in [6.07, 6.45) is -4.84. The van der Waals surface area contributed by atoms with Gasteiger partial charge in [0.2, 0.25) is 0 Å². The SMILES string of the molecule is CCC(CSc1ccccc1OC(=O)NC)C(F)(F)F. The molecule has 0 radical (unpaired) electrons. The van der Waals surface area contributed by atoms with Crippen LogP contribution in [0.5, 0.6) is 5.75 Å². The maximum Gasteiger partial charge on any atom is 0.412 e. The summed E-state index contributed by atoms with van der Waals surface area (Å²) in [5.74, 6) is -1.22. The van der Waals surface area contributed by atoms with Gasteiger partial charge >= 0.3 is 12.3 Å². The second-order valence-corrected chi connectivity index (χ2v) is 5.11. The van der Waals surface area contributed by atoms with Gasteiger partial charge in [-0.15, -0.1) is 11.8 Å². The smallest absolute Gasteiger partial charge is 0.409 e. The molecule has 0 saturated carbocycles. The Morgan fingerprint density at radius 1 is 1.40 bits per heavy atom. The van der Waals surface area contributed by atoms with Crippen LogP contribution in [0.1, 0.15) is 13.3 Å². The van der Waals surface area contributed by atoms with Gasteiger partial charge in [-0.1, -0.05) is 19.1 Å². The van der Waals surface area contributed by atoms with Gasteiger partial charge < -0.3 is 10.1 Å². The lowest BCUT2D eigenvalue weighted by molar-refractivity contribution is -0.168. The third-order valence-corrected chi connectivity index (χ3v) is 3.87. The molecule has 1 atom stereocenters. The molecule has 0 aromatic heterocycles. The molecule has 0 spiro atoms. The van der Waals surface area contributed by atoms with Crippen molar-refractivity contribution in [2.45, 2.75) is 24.4 Å². The minimum Gasteiger partial charge on any atom is -0.409 e. The Morgan fingerprint density at radius 3 is 2.60 bits per heavy atom. The molecule has 0 aliphatic rings. The van der Waals surface area contributed by atoms with Crippen LogP contribution >= 0.6 is 11.8 Å². The molecule has 0 saturated heterocycles. The quantitative estimate of drug-likeness (QED) is 0.833. The lowest BCUT2D eigenvalue weighted by atomic mass is 10.1. The minimum atomic E-state index is -4.21. The van der Waals surface area contributed by atoms with Crippen LogP contribution in [0.25, 0.3) is 0 Å². The average Bonchev–Trinajstić information content (AvgIpc) is 2.39. The van der Waals surface area contributed by atoms with Crippen molar-refractivity contribution < 1.29 is 22.7 Å². The molecule has 1 N–H and O–H groups in total. The van der Waals surface area contributed by atoms with Crippen molar-refractivity contribution in [1.29, 1.82) is 0 Å². The molecule has 3 nitrogen and oxygen atoms in total. The number of halogens is 3. The number of benzene rings is 1. The molecule has 1 amide bonds. The summed E-state index contributed by atoms with van der Waals surface area (Å²) in [5.41, 5.74) is 0. The standard InChI is InChI=1S/C13H16F3NO2S/c1-3-9(13(14,15)16)8-20-11-7-5-4-6-10(11)19-12(18)17-2/h4-7,9H,3,8H2,1-2H3,(H,17,18). The van der Waals surface area contributed by atoms with E-state index in [-0.39, 0.29) is 17.9 Å². The topological polar surface area (TPSA) is 38.3 Å². The molecule has 7 heteroatoms. The van der Waals surface area contributed by atoms with Gasteiger partial charge in [0, 0.05) is 12.8 Å². The molecule has 0 aliphatic carbocycles. The molecule has 1 aromatic rings. The molecule has 1 unspecified atom stereocenters. The molecular formula is C13H16F3NO2S. The molecule has 0 aliphatic heterocycles. The lowest BCUT2D eigenvalue weighted by Gasteiger charge is -2.18. The zero-order valence-electron chi connectivity index (χ0n) is 11.2. The van der Waals surface area contributed by atoms with E-state index in [0.29, 0.717) is 4.90 Å². The summed E-state index contributed by atoms with van der Waals surface area (Å²) in [6.45, 7) is 1.51. The van der Waals surface area contributed by atoms with Gasteiger partial charge in [0.1, 0.15) is 5.75 Å². The summed E-state index contributed by atoms with van der Waals surface area (Å²) in [6, 6.07) is 6.52. The number of hydrogen-bond acceptors (Lipinski definition) is 3. The van der Waals surface area contributed by atoms with E-state index in [9.17, 15) is 18.0 Å².